The van der Waals surface area contributed by atoms with Gasteiger partial charge < -0.3 is 0 Å². The zero-order valence-corrected chi connectivity index (χ0v) is 9.14. The number of hydrogen-bond donors (Lipinski definition) is 0. The smallest absolute Gasteiger partial charge is 0.211 e. The highest BCUT2D eigenvalue weighted by molar-refractivity contribution is 5.45. The number of rotatable bonds is 1. The molecule has 1 atom stereocenters. The second-order valence-corrected chi connectivity index (χ2v) is 4.35. The predicted octanol–water partition coefficient (Wildman–Crippen LogP) is 3.20. The highest BCUT2D eigenvalue weighted by atomic mass is 19.4. The molecule has 0 amide bonds. The van der Waals surface area contributed by atoms with E-state index >= 15 is 0 Å². The molecule has 1 aromatic carbocycles. The molecule has 0 saturated carbocycles. The summed E-state index contributed by atoms with van der Waals surface area (Å²) in [5, 5.41) is 0. The van der Waals surface area contributed by atoms with E-state index in [2.05, 4.69) is 4.99 Å². The lowest BCUT2D eigenvalue weighted by molar-refractivity contribution is -0.137. The molecule has 1 aromatic rings. The summed E-state index contributed by atoms with van der Waals surface area (Å²) < 4.78 is 37.5. The second-order valence-electron chi connectivity index (χ2n) is 4.35. The molecule has 0 aliphatic heterocycles. The zero-order valence-electron chi connectivity index (χ0n) is 9.14. The number of aryl methyl sites for hydroxylation is 1. The van der Waals surface area contributed by atoms with Crippen molar-refractivity contribution in [1.82, 2.24) is 0 Å². The number of nitrogens with zero attached hydrogens (tertiary/aromatic N) is 1. The fraction of sp³-hybridized carbons (Fsp3) is 0.417. The van der Waals surface area contributed by atoms with Crippen LogP contribution in [0.15, 0.2) is 23.2 Å². The van der Waals surface area contributed by atoms with Crippen LogP contribution in [-0.2, 0) is 22.9 Å². The minimum Gasteiger partial charge on any atom is -0.211 e. The highest BCUT2D eigenvalue weighted by Crippen LogP contribution is 2.41. The molecule has 0 heterocycles. The van der Waals surface area contributed by atoms with Crippen LogP contribution in [0.2, 0.25) is 0 Å². The van der Waals surface area contributed by atoms with E-state index in [0.717, 1.165) is 12.1 Å². The first-order valence-electron chi connectivity index (χ1n) is 5.16. The van der Waals surface area contributed by atoms with Crippen LogP contribution in [0, 0.1) is 0 Å². The average molecular weight is 241 g/mol. The van der Waals surface area contributed by atoms with E-state index in [-0.39, 0.29) is 0 Å². The maximum Gasteiger partial charge on any atom is 0.416 e. The molecule has 0 aromatic heterocycles. The summed E-state index contributed by atoms with van der Waals surface area (Å²) in [6.45, 7) is 1.73. The summed E-state index contributed by atoms with van der Waals surface area (Å²) in [4.78, 5) is 14.0. The van der Waals surface area contributed by atoms with E-state index in [1.807, 2.05) is 0 Å². The van der Waals surface area contributed by atoms with Gasteiger partial charge in [0.25, 0.3) is 0 Å². The van der Waals surface area contributed by atoms with Crippen LogP contribution < -0.4 is 0 Å². The Balaban J connectivity index is 2.49. The Morgan fingerprint density at radius 2 is 2.12 bits per heavy atom. The van der Waals surface area contributed by atoms with Gasteiger partial charge in [-0.25, -0.2) is 4.79 Å². The highest BCUT2D eigenvalue weighted by Gasteiger charge is 2.37. The van der Waals surface area contributed by atoms with Gasteiger partial charge in [0.05, 0.1) is 11.1 Å². The monoisotopic (exact) mass is 241 g/mol. The van der Waals surface area contributed by atoms with Crippen LogP contribution in [0.1, 0.15) is 30.0 Å². The van der Waals surface area contributed by atoms with E-state index in [9.17, 15) is 18.0 Å². The van der Waals surface area contributed by atoms with Crippen molar-refractivity contribution < 1.29 is 18.0 Å². The first kappa shape index (κ1) is 11.9. The van der Waals surface area contributed by atoms with Gasteiger partial charge in [-0.2, -0.15) is 18.2 Å². The van der Waals surface area contributed by atoms with Crippen molar-refractivity contribution in [2.24, 2.45) is 4.99 Å². The second kappa shape index (κ2) is 3.70. The molecule has 0 N–H and O–H groups in total. The molecule has 1 aliphatic rings. The van der Waals surface area contributed by atoms with Crippen LogP contribution >= 0.6 is 0 Å². The molecule has 2 nitrogen and oxygen atoms in total. The van der Waals surface area contributed by atoms with E-state index in [1.54, 1.807) is 6.92 Å². The van der Waals surface area contributed by atoms with E-state index in [1.165, 1.54) is 12.1 Å². The molecule has 1 unspecified atom stereocenters. The summed E-state index contributed by atoms with van der Waals surface area (Å²) >= 11 is 0. The fourth-order valence-electron chi connectivity index (χ4n) is 2.23. The summed E-state index contributed by atoms with van der Waals surface area (Å²) in [7, 11) is 0. The van der Waals surface area contributed by atoms with Crippen molar-refractivity contribution >= 4 is 6.08 Å². The molecule has 90 valence electrons. The zero-order chi connectivity index (χ0) is 12.7. The maximum atomic E-state index is 12.5. The normalized spacial score (nSPS) is 23.1. The molecule has 0 fully saturated rings. The Labute approximate surface area is 96.2 Å². The Morgan fingerprint density at radius 1 is 1.41 bits per heavy atom. The van der Waals surface area contributed by atoms with Gasteiger partial charge in [-0.05, 0) is 43.0 Å². The summed E-state index contributed by atoms with van der Waals surface area (Å²) in [6.07, 6.45) is -1.80. The number of hydrogen-bond acceptors (Lipinski definition) is 2. The van der Waals surface area contributed by atoms with Crippen molar-refractivity contribution in [3.05, 3.63) is 34.9 Å². The standard InChI is InChI=1S/C12H10F3NO/c1-11(16-7-17)5-4-8-6-9(12(13,14)15)2-3-10(8)11/h2-3,6H,4-5H2,1H3. The lowest BCUT2D eigenvalue weighted by atomic mass is 9.94. The van der Waals surface area contributed by atoms with Gasteiger partial charge in [-0.1, -0.05) is 6.07 Å². The van der Waals surface area contributed by atoms with Gasteiger partial charge in [-0.15, -0.1) is 0 Å². The third-order valence-corrected chi connectivity index (χ3v) is 3.19. The number of benzene rings is 1. The summed E-state index contributed by atoms with van der Waals surface area (Å²) in [5.74, 6) is 0. The van der Waals surface area contributed by atoms with Gasteiger partial charge in [0.2, 0.25) is 6.08 Å². The Bertz CT molecular complexity index is 503. The van der Waals surface area contributed by atoms with E-state index in [0.29, 0.717) is 24.0 Å². The van der Waals surface area contributed by atoms with Crippen molar-refractivity contribution in [2.75, 3.05) is 0 Å². The van der Waals surface area contributed by atoms with Gasteiger partial charge in [0.1, 0.15) is 0 Å². The Morgan fingerprint density at radius 3 is 2.71 bits per heavy atom. The number of carbonyl (C=O) groups excluding carboxylic acids is 1. The summed E-state index contributed by atoms with van der Waals surface area (Å²) in [5.41, 5.74) is -0.0768. The van der Waals surface area contributed by atoms with Crippen LogP contribution in [0.25, 0.3) is 0 Å². The van der Waals surface area contributed by atoms with Crippen molar-refractivity contribution in [2.45, 2.75) is 31.5 Å². The van der Waals surface area contributed by atoms with Crippen LogP contribution in [0.4, 0.5) is 13.2 Å². The number of aliphatic imine (C=N–C) groups is 1. The SMILES string of the molecule is CC1(N=C=O)CCc2cc(C(F)(F)F)ccc21. The molecule has 0 radical (unpaired) electrons. The topological polar surface area (TPSA) is 29.4 Å². The maximum absolute atomic E-state index is 12.5. The van der Waals surface area contributed by atoms with Crippen molar-refractivity contribution in [3.8, 4) is 0 Å². The van der Waals surface area contributed by atoms with Crippen molar-refractivity contribution in [3.63, 3.8) is 0 Å². The van der Waals surface area contributed by atoms with Crippen LogP contribution in [-0.4, -0.2) is 6.08 Å². The predicted molar refractivity (Wildman–Crippen MR) is 55.2 cm³/mol. The largest absolute Gasteiger partial charge is 0.416 e. The number of halogens is 3. The Kier molecular flexibility index (Phi) is 2.59. The minimum atomic E-state index is -4.33. The third kappa shape index (κ3) is 1.98. The van der Waals surface area contributed by atoms with Gasteiger partial charge >= 0.3 is 6.18 Å². The van der Waals surface area contributed by atoms with Gasteiger partial charge in [0, 0.05) is 0 Å². The molecular weight excluding hydrogens is 231 g/mol. The number of fused-ring (bicyclic) bond motifs is 1. The minimum absolute atomic E-state index is 0.501. The molecule has 2 rings (SSSR count). The average Bonchev–Trinajstić information content (AvgIpc) is 2.56. The molecule has 17 heavy (non-hydrogen) atoms. The fourth-order valence-corrected chi connectivity index (χ4v) is 2.23. The van der Waals surface area contributed by atoms with Crippen LogP contribution in [0.5, 0.6) is 0 Å². The number of alkyl halides is 3. The summed E-state index contributed by atoms with van der Waals surface area (Å²) in [6, 6.07) is 3.58. The Hall–Kier alpha value is -1.61. The van der Waals surface area contributed by atoms with Gasteiger partial charge in [0.15, 0.2) is 0 Å². The molecule has 1 aliphatic carbocycles. The molecule has 0 bridgehead atoms. The third-order valence-electron chi connectivity index (χ3n) is 3.19. The molecular formula is C12H10F3NO. The first-order valence-corrected chi connectivity index (χ1v) is 5.16. The van der Waals surface area contributed by atoms with E-state index in [4.69, 9.17) is 0 Å². The van der Waals surface area contributed by atoms with Crippen LogP contribution in [0.3, 0.4) is 0 Å². The number of isocyanates is 1. The quantitative estimate of drug-likeness (QED) is 0.548. The molecule has 0 spiro atoms. The van der Waals surface area contributed by atoms with Crippen molar-refractivity contribution in [1.29, 1.82) is 0 Å². The van der Waals surface area contributed by atoms with Gasteiger partial charge in [-0.3, -0.25) is 0 Å². The molecule has 5 heteroatoms. The molecule has 0 saturated heterocycles. The lowest BCUT2D eigenvalue weighted by Crippen LogP contribution is -2.14. The van der Waals surface area contributed by atoms with E-state index < -0.39 is 17.3 Å². The first-order chi connectivity index (χ1) is 7.87. The lowest BCUT2D eigenvalue weighted by Gasteiger charge is -2.18.